The van der Waals surface area contributed by atoms with E-state index in [1.54, 1.807) is 11.8 Å². The normalized spacial score (nSPS) is 17.8. The molecule has 1 aliphatic heterocycles. The van der Waals surface area contributed by atoms with E-state index < -0.39 is 0 Å². The number of amides is 2. The Hall–Kier alpha value is -1.84. The van der Waals surface area contributed by atoms with Gasteiger partial charge in [-0.1, -0.05) is 37.3 Å². The van der Waals surface area contributed by atoms with Crippen LogP contribution in [-0.4, -0.2) is 40.7 Å². The Morgan fingerprint density at radius 1 is 1.22 bits per heavy atom. The molecule has 0 radical (unpaired) electrons. The van der Waals surface area contributed by atoms with Crippen molar-refractivity contribution in [2.75, 3.05) is 13.1 Å². The third kappa shape index (κ3) is 5.08. The van der Waals surface area contributed by atoms with Crippen LogP contribution < -0.4 is 0 Å². The average Bonchev–Trinajstić information content (AvgIpc) is 2.58. The molecule has 2 amide bonds. The Bertz CT molecular complexity index is 515. The Balaban J connectivity index is 1.90. The number of carbonyl (C=O) groups excluding carboxylic acids is 2. The summed E-state index contributed by atoms with van der Waals surface area (Å²) in [5, 5.41) is 0. The minimum Gasteiger partial charge on any atom is -0.340 e. The molecule has 1 aromatic carbocycles. The second-order valence-corrected chi connectivity index (χ2v) is 6.32. The van der Waals surface area contributed by atoms with E-state index in [0.29, 0.717) is 25.6 Å². The first kappa shape index (κ1) is 17.5. The summed E-state index contributed by atoms with van der Waals surface area (Å²) in [6.45, 7) is 5.66. The molecule has 4 nitrogen and oxygen atoms in total. The van der Waals surface area contributed by atoms with E-state index in [1.165, 1.54) is 6.42 Å². The fourth-order valence-electron chi connectivity index (χ4n) is 3.28. The predicted molar refractivity (Wildman–Crippen MR) is 91.8 cm³/mol. The first-order valence-electron chi connectivity index (χ1n) is 8.70. The molecule has 1 aliphatic rings. The number of hydrogen-bond donors (Lipinski definition) is 0. The minimum atomic E-state index is 0.0207. The molecule has 4 heteroatoms. The van der Waals surface area contributed by atoms with E-state index in [9.17, 15) is 9.59 Å². The van der Waals surface area contributed by atoms with Crippen molar-refractivity contribution in [2.24, 2.45) is 0 Å². The lowest BCUT2D eigenvalue weighted by Crippen LogP contribution is -2.44. The van der Waals surface area contributed by atoms with Gasteiger partial charge in [-0.05, 0) is 31.2 Å². The number of carbonyl (C=O) groups is 2. The van der Waals surface area contributed by atoms with Crippen molar-refractivity contribution in [3.05, 3.63) is 35.9 Å². The van der Waals surface area contributed by atoms with Crippen molar-refractivity contribution in [2.45, 2.75) is 58.5 Å². The zero-order chi connectivity index (χ0) is 16.7. The maximum atomic E-state index is 12.5. The summed E-state index contributed by atoms with van der Waals surface area (Å²) < 4.78 is 0. The fraction of sp³-hybridized carbons (Fsp3) is 0.579. The summed E-state index contributed by atoms with van der Waals surface area (Å²) in [5.41, 5.74) is 1.10. The Morgan fingerprint density at radius 2 is 1.96 bits per heavy atom. The van der Waals surface area contributed by atoms with Crippen LogP contribution in [-0.2, 0) is 16.1 Å². The SMILES string of the molecule is CCC1CCCCN1C(=O)CCN(Cc1ccccc1)C(C)=O. The molecule has 0 saturated carbocycles. The standard InChI is InChI=1S/C19H28N2O2/c1-3-18-11-7-8-13-21(18)19(23)12-14-20(16(2)22)15-17-9-5-4-6-10-17/h4-6,9-10,18H,3,7-8,11-15H2,1-2H3. The van der Waals surface area contributed by atoms with E-state index in [4.69, 9.17) is 0 Å². The van der Waals surface area contributed by atoms with Crippen LogP contribution >= 0.6 is 0 Å². The summed E-state index contributed by atoms with van der Waals surface area (Å²) in [4.78, 5) is 28.2. The monoisotopic (exact) mass is 316 g/mol. The predicted octanol–water partition coefficient (Wildman–Crippen LogP) is 3.22. The van der Waals surface area contributed by atoms with Crippen molar-refractivity contribution in [1.82, 2.24) is 9.80 Å². The molecular formula is C19H28N2O2. The lowest BCUT2D eigenvalue weighted by Gasteiger charge is -2.35. The van der Waals surface area contributed by atoms with Crippen LogP contribution in [0.5, 0.6) is 0 Å². The molecule has 126 valence electrons. The van der Waals surface area contributed by atoms with E-state index in [-0.39, 0.29) is 11.8 Å². The van der Waals surface area contributed by atoms with Gasteiger partial charge in [0.15, 0.2) is 0 Å². The summed E-state index contributed by atoms with van der Waals surface area (Å²) in [6.07, 6.45) is 4.87. The van der Waals surface area contributed by atoms with Crippen LogP contribution in [0.15, 0.2) is 30.3 Å². The number of hydrogen-bond acceptors (Lipinski definition) is 2. The second-order valence-electron chi connectivity index (χ2n) is 6.32. The van der Waals surface area contributed by atoms with Crippen molar-refractivity contribution in [3.63, 3.8) is 0 Å². The smallest absolute Gasteiger partial charge is 0.224 e. The average molecular weight is 316 g/mol. The largest absolute Gasteiger partial charge is 0.340 e. The van der Waals surface area contributed by atoms with Crippen molar-refractivity contribution < 1.29 is 9.59 Å². The number of nitrogens with zero attached hydrogens (tertiary/aromatic N) is 2. The van der Waals surface area contributed by atoms with E-state index in [2.05, 4.69) is 6.92 Å². The Labute approximate surface area is 139 Å². The van der Waals surface area contributed by atoms with Gasteiger partial charge in [0.1, 0.15) is 0 Å². The molecule has 1 atom stereocenters. The molecule has 1 aromatic rings. The number of benzene rings is 1. The molecule has 1 heterocycles. The summed E-state index contributed by atoms with van der Waals surface area (Å²) in [7, 11) is 0. The third-order valence-corrected chi connectivity index (χ3v) is 4.68. The lowest BCUT2D eigenvalue weighted by atomic mass is 9.99. The zero-order valence-corrected chi connectivity index (χ0v) is 14.3. The molecule has 1 fully saturated rings. The van der Waals surface area contributed by atoms with Gasteiger partial charge in [-0.3, -0.25) is 9.59 Å². The maximum Gasteiger partial charge on any atom is 0.224 e. The molecule has 1 unspecified atom stereocenters. The van der Waals surface area contributed by atoms with Gasteiger partial charge >= 0.3 is 0 Å². The summed E-state index contributed by atoms with van der Waals surface area (Å²) >= 11 is 0. The number of rotatable bonds is 6. The second kappa shape index (κ2) is 8.70. The summed E-state index contributed by atoms with van der Waals surface area (Å²) in [5.74, 6) is 0.211. The highest BCUT2D eigenvalue weighted by molar-refractivity contribution is 5.78. The third-order valence-electron chi connectivity index (χ3n) is 4.68. The van der Waals surface area contributed by atoms with Crippen molar-refractivity contribution in [3.8, 4) is 0 Å². The zero-order valence-electron chi connectivity index (χ0n) is 14.3. The van der Waals surface area contributed by atoms with Gasteiger partial charge in [-0.2, -0.15) is 0 Å². The van der Waals surface area contributed by atoms with Crippen molar-refractivity contribution in [1.29, 1.82) is 0 Å². The van der Waals surface area contributed by atoms with Crippen LogP contribution in [0, 0.1) is 0 Å². The van der Waals surface area contributed by atoms with Crippen molar-refractivity contribution >= 4 is 11.8 Å². The van der Waals surface area contributed by atoms with Gasteiger partial charge < -0.3 is 9.80 Å². The molecule has 23 heavy (non-hydrogen) atoms. The van der Waals surface area contributed by atoms with Crippen LogP contribution in [0.2, 0.25) is 0 Å². The highest BCUT2D eigenvalue weighted by atomic mass is 16.2. The molecule has 0 aliphatic carbocycles. The highest BCUT2D eigenvalue weighted by Gasteiger charge is 2.25. The fourth-order valence-corrected chi connectivity index (χ4v) is 3.28. The van der Waals surface area contributed by atoms with Gasteiger partial charge in [-0.15, -0.1) is 0 Å². The minimum absolute atomic E-state index is 0.0207. The lowest BCUT2D eigenvalue weighted by molar-refractivity contribution is -0.136. The molecule has 0 aromatic heterocycles. The van der Waals surface area contributed by atoms with E-state index in [0.717, 1.165) is 31.4 Å². The Morgan fingerprint density at radius 3 is 2.61 bits per heavy atom. The quantitative estimate of drug-likeness (QED) is 0.808. The molecule has 2 rings (SSSR count). The summed E-state index contributed by atoms with van der Waals surface area (Å²) in [6, 6.07) is 10.3. The van der Waals surface area contributed by atoms with Gasteiger partial charge in [0.25, 0.3) is 0 Å². The topological polar surface area (TPSA) is 40.6 Å². The van der Waals surface area contributed by atoms with E-state index in [1.807, 2.05) is 35.2 Å². The van der Waals surface area contributed by atoms with Crippen LogP contribution in [0.1, 0.15) is 51.5 Å². The first-order valence-corrected chi connectivity index (χ1v) is 8.70. The molecular weight excluding hydrogens is 288 g/mol. The maximum absolute atomic E-state index is 12.5. The van der Waals surface area contributed by atoms with Crippen LogP contribution in [0.25, 0.3) is 0 Å². The van der Waals surface area contributed by atoms with Crippen LogP contribution in [0.4, 0.5) is 0 Å². The number of likely N-dealkylation sites (tertiary alicyclic amines) is 1. The van der Waals surface area contributed by atoms with Crippen LogP contribution in [0.3, 0.4) is 0 Å². The molecule has 0 bridgehead atoms. The first-order chi connectivity index (χ1) is 11.1. The number of piperidine rings is 1. The molecule has 0 spiro atoms. The molecule has 0 N–H and O–H groups in total. The van der Waals surface area contributed by atoms with Gasteiger partial charge in [-0.25, -0.2) is 0 Å². The van der Waals surface area contributed by atoms with Gasteiger partial charge in [0, 0.05) is 39.0 Å². The highest BCUT2D eigenvalue weighted by Crippen LogP contribution is 2.20. The van der Waals surface area contributed by atoms with Gasteiger partial charge in [0.05, 0.1) is 0 Å². The van der Waals surface area contributed by atoms with E-state index >= 15 is 0 Å². The Kier molecular flexibility index (Phi) is 6.63. The van der Waals surface area contributed by atoms with Gasteiger partial charge in [0.2, 0.25) is 11.8 Å². The molecule has 1 saturated heterocycles.